The van der Waals surface area contributed by atoms with Crippen molar-refractivity contribution in [2.75, 3.05) is 13.1 Å². The highest BCUT2D eigenvalue weighted by atomic mass is 127. The molecule has 2 aromatic rings. The third-order valence-electron chi connectivity index (χ3n) is 4.07. The minimum atomic E-state index is 0. The summed E-state index contributed by atoms with van der Waals surface area (Å²) in [5.41, 5.74) is 6.40. The van der Waals surface area contributed by atoms with Crippen molar-refractivity contribution in [1.29, 1.82) is 0 Å². The molecule has 1 heterocycles. The van der Waals surface area contributed by atoms with E-state index < -0.39 is 0 Å². The normalized spacial score (nSPS) is 11.0. The summed E-state index contributed by atoms with van der Waals surface area (Å²) in [6.45, 7) is 10.8. The lowest BCUT2D eigenvalue weighted by Crippen LogP contribution is -2.38. The van der Waals surface area contributed by atoms with Crippen LogP contribution >= 0.6 is 24.0 Å². The Bertz CT molecular complexity index is 698. The first-order chi connectivity index (χ1) is 11.6. The molecule has 0 bridgehead atoms. The average Bonchev–Trinajstić information content (AvgIpc) is 2.55. The van der Waals surface area contributed by atoms with E-state index in [1.54, 1.807) is 0 Å². The van der Waals surface area contributed by atoms with Crippen LogP contribution in [0.2, 0.25) is 0 Å². The van der Waals surface area contributed by atoms with Gasteiger partial charge in [0.1, 0.15) is 0 Å². The van der Waals surface area contributed by atoms with Gasteiger partial charge in [0.15, 0.2) is 5.96 Å². The maximum absolute atomic E-state index is 4.71. The number of aliphatic imine (C=N–C) groups is 1. The van der Waals surface area contributed by atoms with E-state index in [9.17, 15) is 0 Å². The number of rotatable bonds is 6. The summed E-state index contributed by atoms with van der Waals surface area (Å²) in [6.07, 6.45) is 4.72. The topological polar surface area (TPSA) is 49.3 Å². The second-order valence-corrected chi connectivity index (χ2v) is 6.10. The Morgan fingerprint density at radius 3 is 2.52 bits per heavy atom. The molecule has 0 amide bonds. The van der Waals surface area contributed by atoms with Gasteiger partial charge in [-0.15, -0.1) is 24.0 Å². The van der Waals surface area contributed by atoms with Crippen molar-refractivity contribution in [3.8, 4) is 0 Å². The van der Waals surface area contributed by atoms with E-state index in [0.717, 1.165) is 25.5 Å². The van der Waals surface area contributed by atoms with Crippen LogP contribution in [-0.4, -0.2) is 24.0 Å². The molecule has 0 fully saturated rings. The smallest absolute Gasteiger partial charge is 0.191 e. The summed E-state index contributed by atoms with van der Waals surface area (Å²) in [6, 6.07) is 8.59. The van der Waals surface area contributed by atoms with Gasteiger partial charge in [-0.2, -0.15) is 0 Å². The number of hydrogen-bond acceptors (Lipinski definition) is 2. The van der Waals surface area contributed by atoms with Gasteiger partial charge in [0.05, 0.1) is 6.54 Å². The number of aromatic nitrogens is 1. The number of guanidine groups is 1. The molecule has 0 spiro atoms. The summed E-state index contributed by atoms with van der Waals surface area (Å²) >= 11 is 0. The number of benzene rings is 1. The van der Waals surface area contributed by atoms with Crippen LogP contribution in [0, 0.1) is 20.8 Å². The fourth-order valence-electron chi connectivity index (χ4n) is 2.63. The van der Waals surface area contributed by atoms with Crippen molar-refractivity contribution in [2.24, 2.45) is 4.99 Å². The molecule has 2 N–H and O–H groups in total. The van der Waals surface area contributed by atoms with Gasteiger partial charge < -0.3 is 10.6 Å². The third kappa shape index (κ3) is 7.02. The Hall–Kier alpha value is -1.63. The van der Waals surface area contributed by atoms with Crippen molar-refractivity contribution in [2.45, 2.75) is 40.7 Å². The molecule has 2 rings (SSSR count). The fraction of sp³-hybridized carbons (Fsp3) is 0.400. The molecule has 4 nitrogen and oxygen atoms in total. The molecule has 0 radical (unpaired) electrons. The van der Waals surface area contributed by atoms with Gasteiger partial charge >= 0.3 is 0 Å². The molecule has 0 unspecified atom stereocenters. The number of nitrogens with zero attached hydrogens (tertiary/aromatic N) is 2. The molecule has 136 valence electrons. The van der Waals surface area contributed by atoms with Gasteiger partial charge in [0.25, 0.3) is 0 Å². The second kappa shape index (κ2) is 11.1. The summed E-state index contributed by atoms with van der Waals surface area (Å²) in [5, 5.41) is 6.73. The quantitative estimate of drug-likeness (QED) is 0.397. The first kappa shape index (κ1) is 21.4. The Morgan fingerprint density at radius 2 is 1.84 bits per heavy atom. The number of pyridine rings is 1. The lowest BCUT2D eigenvalue weighted by molar-refractivity contribution is 0.796. The minimum absolute atomic E-state index is 0. The van der Waals surface area contributed by atoms with E-state index in [2.05, 4.69) is 67.6 Å². The zero-order chi connectivity index (χ0) is 17.4. The van der Waals surface area contributed by atoms with Crippen LogP contribution in [-0.2, 0) is 13.0 Å². The average molecular weight is 452 g/mol. The monoisotopic (exact) mass is 452 g/mol. The van der Waals surface area contributed by atoms with Crippen LogP contribution in [0.3, 0.4) is 0 Å². The van der Waals surface area contributed by atoms with Crippen LogP contribution in [0.5, 0.6) is 0 Å². The van der Waals surface area contributed by atoms with Gasteiger partial charge in [-0.25, -0.2) is 4.99 Å². The summed E-state index contributed by atoms with van der Waals surface area (Å²) in [5.74, 6) is 0.865. The van der Waals surface area contributed by atoms with Gasteiger partial charge in [0.2, 0.25) is 0 Å². The molecule has 0 aliphatic rings. The summed E-state index contributed by atoms with van der Waals surface area (Å²) in [7, 11) is 0. The molecule has 0 saturated carbocycles. The lowest BCUT2D eigenvalue weighted by Gasteiger charge is -2.12. The number of nitrogens with one attached hydrogen (secondary N) is 2. The SMILES string of the molecule is CCNC(=NCc1ccc(C)cc1C)NCCc1ccncc1C.I. The van der Waals surface area contributed by atoms with E-state index in [0.29, 0.717) is 6.54 Å². The predicted molar refractivity (Wildman–Crippen MR) is 117 cm³/mol. The standard InChI is InChI=1S/C20H28N4.HI/c1-5-22-20(23-11-9-18-8-10-21-13-17(18)4)24-14-19-7-6-15(2)12-16(19)3;/h6-8,10,12-13H,5,9,11,14H2,1-4H3,(H2,22,23,24);1H. The second-order valence-electron chi connectivity index (χ2n) is 6.10. The zero-order valence-corrected chi connectivity index (χ0v) is 17.9. The summed E-state index contributed by atoms with van der Waals surface area (Å²) in [4.78, 5) is 8.85. The number of halogens is 1. The Balaban J connectivity index is 0.00000312. The lowest BCUT2D eigenvalue weighted by atomic mass is 10.1. The van der Waals surface area contributed by atoms with Gasteiger partial charge in [-0.3, -0.25) is 4.98 Å². The highest BCUT2D eigenvalue weighted by Gasteiger charge is 2.02. The predicted octanol–water partition coefficient (Wildman–Crippen LogP) is 3.92. The van der Waals surface area contributed by atoms with Gasteiger partial charge in [-0.1, -0.05) is 23.8 Å². The van der Waals surface area contributed by atoms with Crippen LogP contribution in [0.4, 0.5) is 0 Å². The Kier molecular flexibility index (Phi) is 9.49. The van der Waals surface area contributed by atoms with E-state index in [1.165, 1.54) is 27.8 Å². The van der Waals surface area contributed by atoms with Gasteiger partial charge in [0, 0.05) is 25.5 Å². The zero-order valence-electron chi connectivity index (χ0n) is 15.6. The molecule has 5 heteroatoms. The van der Waals surface area contributed by atoms with E-state index in [1.807, 2.05) is 12.4 Å². The summed E-state index contributed by atoms with van der Waals surface area (Å²) < 4.78 is 0. The van der Waals surface area contributed by atoms with Crippen molar-refractivity contribution in [3.05, 3.63) is 64.5 Å². The minimum Gasteiger partial charge on any atom is -0.357 e. The van der Waals surface area contributed by atoms with Crippen LogP contribution in [0.25, 0.3) is 0 Å². The molecule has 0 aliphatic heterocycles. The molecule has 0 aliphatic carbocycles. The Labute approximate surface area is 168 Å². The van der Waals surface area contributed by atoms with Crippen molar-refractivity contribution in [1.82, 2.24) is 15.6 Å². The number of aryl methyl sites for hydroxylation is 3. The largest absolute Gasteiger partial charge is 0.357 e. The number of hydrogen-bond donors (Lipinski definition) is 2. The first-order valence-corrected chi connectivity index (χ1v) is 8.58. The first-order valence-electron chi connectivity index (χ1n) is 8.58. The molecule has 25 heavy (non-hydrogen) atoms. The van der Waals surface area contributed by atoms with Crippen molar-refractivity contribution >= 4 is 29.9 Å². The maximum atomic E-state index is 4.71. The van der Waals surface area contributed by atoms with Gasteiger partial charge in [-0.05, 0) is 62.4 Å². The highest BCUT2D eigenvalue weighted by molar-refractivity contribution is 14.0. The maximum Gasteiger partial charge on any atom is 0.191 e. The van der Waals surface area contributed by atoms with Crippen molar-refractivity contribution in [3.63, 3.8) is 0 Å². The van der Waals surface area contributed by atoms with E-state index in [4.69, 9.17) is 4.99 Å². The van der Waals surface area contributed by atoms with E-state index in [-0.39, 0.29) is 24.0 Å². The fourth-order valence-corrected chi connectivity index (χ4v) is 2.63. The highest BCUT2D eigenvalue weighted by Crippen LogP contribution is 2.11. The molecule has 1 aromatic carbocycles. The third-order valence-corrected chi connectivity index (χ3v) is 4.07. The van der Waals surface area contributed by atoms with E-state index >= 15 is 0 Å². The molecular weight excluding hydrogens is 423 g/mol. The molecule has 0 saturated heterocycles. The molecule has 1 aromatic heterocycles. The Morgan fingerprint density at radius 1 is 1.04 bits per heavy atom. The van der Waals surface area contributed by atoms with Crippen LogP contribution < -0.4 is 10.6 Å². The van der Waals surface area contributed by atoms with Crippen LogP contribution in [0.1, 0.15) is 34.7 Å². The van der Waals surface area contributed by atoms with Crippen molar-refractivity contribution < 1.29 is 0 Å². The molecular formula is C20H29IN4. The molecule has 0 atom stereocenters. The van der Waals surface area contributed by atoms with Crippen LogP contribution in [0.15, 0.2) is 41.7 Å².